The van der Waals surface area contributed by atoms with E-state index in [1.165, 1.54) is 6.07 Å². The second-order valence-electron chi connectivity index (χ2n) is 4.22. The van der Waals surface area contributed by atoms with Gasteiger partial charge in [0.05, 0.1) is 0 Å². The molecule has 0 aliphatic rings. The van der Waals surface area contributed by atoms with Gasteiger partial charge in [-0.15, -0.1) is 0 Å². The first-order valence-corrected chi connectivity index (χ1v) is 7.09. The number of hydrogen-bond donors (Lipinski definition) is 2. The first-order valence-electron chi connectivity index (χ1n) is 6.01. The van der Waals surface area contributed by atoms with Crippen LogP contribution in [0.15, 0.2) is 18.2 Å². The van der Waals surface area contributed by atoms with Crippen molar-refractivity contribution in [3.8, 4) is 0 Å². The molecule has 1 aromatic carbocycles. The molecule has 0 spiro atoms. The first kappa shape index (κ1) is 14.9. The topological polar surface area (TPSA) is 24.1 Å². The molecule has 1 atom stereocenters. The fourth-order valence-electron chi connectivity index (χ4n) is 1.52. The summed E-state index contributed by atoms with van der Waals surface area (Å²) < 4.78 is 13.9. The van der Waals surface area contributed by atoms with Crippen molar-refractivity contribution in [2.24, 2.45) is 0 Å². The summed E-state index contributed by atoms with van der Waals surface area (Å²) in [5.41, 5.74) is 1.15. The highest BCUT2D eigenvalue weighted by molar-refractivity contribution is 14.1. The SMILES string of the molecule is CCCNCC(C)NCc1ccc(F)cc1I. The van der Waals surface area contributed by atoms with Gasteiger partial charge in [0, 0.05) is 22.7 Å². The van der Waals surface area contributed by atoms with E-state index >= 15 is 0 Å². The van der Waals surface area contributed by atoms with Crippen molar-refractivity contribution in [2.45, 2.75) is 32.9 Å². The van der Waals surface area contributed by atoms with Crippen LogP contribution in [0.4, 0.5) is 4.39 Å². The largest absolute Gasteiger partial charge is 0.315 e. The summed E-state index contributed by atoms with van der Waals surface area (Å²) in [7, 11) is 0. The van der Waals surface area contributed by atoms with Crippen LogP contribution in [-0.4, -0.2) is 19.1 Å². The van der Waals surface area contributed by atoms with Crippen molar-refractivity contribution < 1.29 is 4.39 Å². The first-order chi connectivity index (χ1) is 8.13. The third-order valence-electron chi connectivity index (χ3n) is 2.53. The number of hydrogen-bond acceptors (Lipinski definition) is 2. The Kier molecular flexibility index (Phi) is 6.99. The molecule has 0 amide bonds. The molecule has 0 aromatic heterocycles. The van der Waals surface area contributed by atoms with Crippen LogP contribution in [0.1, 0.15) is 25.8 Å². The quantitative estimate of drug-likeness (QED) is 0.584. The van der Waals surface area contributed by atoms with Crippen molar-refractivity contribution in [1.29, 1.82) is 0 Å². The zero-order valence-electron chi connectivity index (χ0n) is 10.4. The zero-order valence-corrected chi connectivity index (χ0v) is 12.6. The average molecular weight is 350 g/mol. The second kappa shape index (κ2) is 8.00. The van der Waals surface area contributed by atoms with Crippen LogP contribution in [-0.2, 0) is 6.54 Å². The Bertz CT molecular complexity index is 344. The molecule has 0 saturated carbocycles. The lowest BCUT2D eigenvalue weighted by molar-refractivity contribution is 0.500. The van der Waals surface area contributed by atoms with Crippen LogP contribution in [0, 0.1) is 9.39 Å². The molecule has 1 aromatic rings. The van der Waals surface area contributed by atoms with Crippen LogP contribution in [0.3, 0.4) is 0 Å². The van der Waals surface area contributed by atoms with Gasteiger partial charge in [-0.2, -0.15) is 0 Å². The fourth-order valence-corrected chi connectivity index (χ4v) is 2.18. The van der Waals surface area contributed by atoms with Gasteiger partial charge in [-0.05, 0) is 60.2 Å². The van der Waals surface area contributed by atoms with Gasteiger partial charge in [0.2, 0.25) is 0 Å². The maximum Gasteiger partial charge on any atom is 0.124 e. The molecule has 0 bridgehead atoms. The molecule has 17 heavy (non-hydrogen) atoms. The Hall–Kier alpha value is -0.200. The van der Waals surface area contributed by atoms with E-state index in [1.807, 2.05) is 6.07 Å². The van der Waals surface area contributed by atoms with E-state index in [4.69, 9.17) is 0 Å². The van der Waals surface area contributed by atoms with Crippen LogP contribution in [0.2, 0.25) is 0 Å². The van der Waals surface area contributed by atoms with Crippen LogP contribution >= 0.6 is 22.6 Å². The minimum atomic E-state index is -0.171. The molecule has 0 aliphatic carbocycles. The molecule has 2 nitrogen and oxygen atoms in total. The Morgan fingerprint density at radius 3 is 2.82 bits per heavy atom. The number of nitrogens with one attached hydrogen (secondary N) is 2. The minimum absolute atomic E-state index is 0.171. The van der Waals surface area contributed by atoms with Crippen molar-refractivity contribution in [2.75, 3.05) is 13.1 Å². The van der Waals surface area contributed by atoms with E-state index in [2.05, 4.69) is 47.1 Å². The third kappa shape index (κ3) is 5.79. The van der Waals surface area contributed by atoms with Gasteiger partial charge >= 0.3 is 0 Å². The molecular formula is C13H20FIN2. The van der Waals surface area contributed by atoms with Gasteiger partial charge in [0.1, 0.15) is 5.82 Å². The van der Waals surface area contributed by atoms with Crippen LogP contribution in [0.25, 0.3) is 0 Å². The Morgan fingerprint density at radius 2 is 2.18 bits per heavy atom. The molecule has 2 N–H and O–H groups in total. The van der Waals surface area contributed by atoms with E-state index < -0.39 is 0 Å². The maximum atomic E-state index is 12.9. The highest BCUT2D eigenvalue weighted by atomic mass is 127. The molecule has 1 rings (SSSR count). The van der Waals surface area contributed by atoms with Gasteiger partial charge in [-0.25, -0.2) is 4.39 Å². The molecule has 0 fully saturated rings. The Labute approximate surface area is 117 Å². The van der Waals surface area contributed by atoms with E-state index in [9.17, 15) is 4.39 Å². The molecule has 0 heterocycles. The lowest BCUT2D eigenvalue weighted by Crippen LogP contribution is -2.36. The van der Waals surface area contributed by atoms with Crippen molar-refractivity contribution in [3.63, 3.8) is 0 Å². The van der Waals surface area contributed by atoms with Crippen molar-refractivity contribution in [1.82, 2.24) is 10.6 Å². The number of benzene rings is 1. The molecule has 0 saturated heterocycles. The van der Waals surface area contributed by atoms with Gasteiger partial charge in [-0.1, -0.05) is 13.0 Å². The molecular weight excluding hydrogens is 330 g/mol. The summed E-state index contributed by atoms with van der Waals surface area (Å²) in [6, 6.07) is 5.34. The smallest absolute Gasteiger partial charge is 0.124 e. The van der Waals surface area contributed by atoms with Crippen LogP contribution < -0.4 is 10.6 Å². The predicted molar refractivity (Wildman–Crippen MR) is 78.6 cm³/mol. The van der Waals surface area contributed by atoms with Crippen LogP contribution in [0.5, 0.6) is 0 Å². The minimum Gasteiger partial charge on any atom is -0.315 e. The zero-order chi connectivity index (χ0) is 12.7. The summed E-state index contributed by atoms with van der Waals surface area (Å²) in [4.78, 5) is 0. The summed E-state index contributed by atoms with van der Waals surface area (Å²) >= 11 is 2.17. The normalized spacial score (nSPS) is 12.7. The third-order valence-corrected chi connectivity index (χ3v) is 3.54. The van der Waals surface area contributed by atoms with E-state index in [1.54, 1.807) is 6.07 Å². The molecule has 0 radical (unpaired) electrons. The lowest BCUT2D eigenvalue weighted by atomic mass is 10.2. The molecule has 4 heteroatoms. The highest BCUT2D eigenvalue weighted by Gasteiger charge is 2.04. The highest BCUT2D eigenvalue weighted by Crippen LogP contribution is 2.13. The number of halogens is 2. The maximum absolute atomic E-state index is 12.9. The Morgan fingerprint density at radius 1 is 1.41 bits per heavy atom. The van der Waals surface area contributed by atoms with Gasteiger partial charge in [0.25, 0.3) is 0 Å². The summed E-state index contributed by atoms with van der Waals surface area (Å²) in [6.45, 7) is 7.12. The van der Waals surface area contributed by atoms with E-state index in [0.717, 1.165) is 35.2 Å². The lowest BCUT2D eigenvalue weighted by Gasteiger charge is -2.15. The van der Waals surface area contributed by atoms with Crippen molar-refractivity contribution in [3.05, 3.63) is 33.1 Å². The Balaban J connectivity index is 2.34. The van der Waals surface area contributed by atoms with Gasteiger partial charge < -0.3 is 10.6 Å². The van der Waals surface area contributed by atoms with Gasteiger partial charge in [-0.3, -0.25) is 0 Å². The molecule has 0 aliphatic heterocycles. The fraction of sp³-hybridized carbons (Fsp3) is 0.538. The molecule has 1 unspecified atom stereocenters. The standard InChI is InChI=1S/C13H20FIN2/c1-3-6-16-8-10(2)17-9-11-4-5-12(14)7-13(11)15/h4-5,7,10,16-17H,3,6,8-9H2,1-2H3. The average Bonchev–Trinajstić information content (AvgIpc) is 2.28. The molecule has 96 valence electrons. The van der Waals surface area contributed by atoms with E-state index in [-0.39, 0.29) is 5.82 Å². The van der Waals surface area contributed by atoms with Crippen molar-refractivity contribution >= 4 is 22.6 Å². The summed E-state index contributed by atoms with van der Waals surface area (Å²) in [5.74, 6) is -0.171. The second-order valence-corrected chi connectivity index (χ2v) is 5.38. The monoisotopic (exact) mass is 350 g/mol. The van der Waals surface area contributed by atoms with Gasteiger partial charge in [0.15, 0.2) is 0 Å². The predicted octanol–water partition coefficient (Wildman–Crippen LogP) is 2.91. The van der Waals surface area contributed by atoms with E-state index in [0.29, 0.717) is 6.04 Å². The number of rotatable bonds is 7. The summed E-state index contributed by atoms with van der Waals surface area (Å²) in [5, 5.41) is 6.80. The summed E-state index contributed by atoms with van der Waals surface area (Å²) in [6.07, 6.45) is 1.16.